The molecule has 2 nitrogen and oxygen atoms in total. The number of benzene rings is 4. The topological polar surface area (TPSA) is 26.0 Å². The Bertz CT molecular complexity index is 1640. The van der Waals surface area contributed by atoms with Crippen LogP contribution in [0.5, 0.6) is 0 Å². The third-order valence-corrected chi connectivity index (χ3v) is 8.56. The Labute approximate surface area is 194 Å². The zero-order chi connectivity index (χ0) is 22.6. The summed E-state index contributed by atoms with van der Waals surface area (Å²) in [5.74, 6) is 0. The predicted octanol–water partition coefficient (Wildman–Crippen LogP) is 8.01. The number of para-hydroxylation sites is 1. The van der Waals surface area contributed by atoms with Gasteiger partial charge in [-0.3, -0.25) is 4.98 Å². The first-order valence-electron chi connectivity index (χ1n) is 11.4. The molecule has 0 fully saturated rings. The summed E-state index contributed by atoms with van der Waals surface area (Å²) in [4.78, 5) is 4.77. The number of pyridine rings is 1. The van der Waals surface area contributed by atoms with Crippen molar-refractivity contribution in [2.24, 2.45) is 0 Å². The second-order valence-corrected chi connectivity index (χ2v) is 14.8. The van der Waals surface area contributed by atoms with Crippen LogP contribution in [0.1, 0.15) is 0 Å². The molecule has 3 heteroatoms. The monoisotopic (exact) mass is 443 g/mol. The molecule has 2 aromatic heterocycles. The standard InChI is InChI=1S/C30H25NOSi/c1-33(2,3)23-14-12-20(13-15-23)27-19-22(18-21-8-4-5-9-24(21)27)29-30-26(16-17-31-29)25-10-6-7-11-28(25)32-30/h4-19H,1-3H3. The fraction of sp³-hybridized carbons (Fsp3) is 0.100. The summed E-state index contributed by atoms with van der Waals surface area (Å²) in [6, 6.07) is 32.5. The van der Waals surface area contributed by atoms with Crippen LogP contribution in [0.25, 0.3) is 55.1 Å². The highest BCUT2D eigenvalue weighted by Gasteiger charge is 2.18. The molecule has 0 spiro atoms. The maximum Gasteiger partial charge on any atom is 0.161 e. The van der Waals surface area contributed by atoms with Crippen molar-refractivity contribution in [3.63, 3.8) is 0 Å². The van der Waals surface area contributed by atoms with Gasteiger partial charge >= 0.3 is 0 Å². The average molecular weight is 444 g/mol. The van der Waals surface area contributed by atoms with E-state index in [-0.39, 0.29) is 0 Å². The van der Waals surface area contributed by atoms with Crippen molar-refractivity contribution in [1.82, 2.24) is 4.98 Å². The first-order chi connectivity index (χ1) is 16.0. The Kier molecular flexibility index (Phi) is 4.49. The van der Waals surface area contributed by atoms with E-state index in [1.54, 1.807) is 0 Å². The van der Waals surface area contributed by atoms with E-state index in [0.717, 1.165) is 33.2 Å². The lowest BCUT2D eigenvalue weighted by molar-refractivity contribution is 0.668. The molecule has 2 heterocycles. The molecule has 6 aromatic rings. The highest BCUT2D eigenvalue weighted by Crippen LogP contribution is 2.38. The molecule has 0 N–H and O–H groups in total. The van der Waals surface area contributed by atoms with Gasteiger partial charge in [0.2, 0.25) is 0 Å². The van der Waals surface area contributed by atoms with Crippen LogP contribution in [0.2, 0.25) is 19.6 Å². The fourth-order valence-electron chi connectivity index (χ4n) is 4.69. The van der Waals surface area contributed by atoms with Crippen LogP contribution in [0.4, 0.5) is 0 Å². The number of fused-ring (bicyclic) bond motifs is 4. The molecule has 0 saturated heterocycles. The van der Waals surface area contributed by atoms with Crippen LogP contribution >= 0.6 is 0 Å². The molecule has 0 atom stereocenters. The van der Waals surface area contributed by atoms with Crippen molar-refractivity contribution < 1.29 is 4.42 Å². The van der Waals surface area contributed by atoms with Crippen LogP contribution < -0.4 is 5.19 Å². The number of furan rings is 1. The molecule has 6 rings (SSSR count). The molecule has 0 aliphatic heterocycles. The van der Waals surface area contributed by atoms with E-state index in [9.17, 15) is 0 Å². The summed E-state index contributed by atoms with van der Waals surface area (Å²) in [6.07, 6.45) is 1.89. The van der Waals surface area contributed by atoms with Crippen LogP contribution in [0.3, 0.4) is 0 Å². The van der Waals surface area contributed by atoms with Crippen molar-refractivity contribution in [3.8, 4) is 22.4 Å². The van der Waals surface area contributed by atoms with Crippen LogP contribution in [-0.2, 0) is 0 Å². The van der Waals surface area contributed by atoms with Gasteiger partial charge in [-0.15, -0.1) is 0 Å². The van der Waals surface area contributed by atoms with E-state index in [1.807, 2.05) is 24.4 Å². The lowest BCUT2D eigenvalue weighted by Crippen LogP contribution is -2.37. The molecular weight excluding hydrogens is 418 g/mol. The third-order valence-electron chi connectivity index (χ3n) is 6.49. The minimum atomic E-state index is -1.34. The summed E-state index contributed by atoms with van der Waals surface area (Å²) in [5.41, 5.74) is 6.14. The molecule has 0 unspecified atom stereocenters. The molecule has 0 saturated carbocycles. The van der Waals surface area contributed by atoms with E-state index in [0.29, 0.717) is 0 Å². The van der Waals surface area contributed by atoms with Crippen LogP contribution in [0, 0.1) is 0 Å². The van der Waals surface area contributed by atoms with Crippen LogP contribution in [-0.4, -0.2) is 13.1 Å². The Morgan fingerprint density at radius 1 is 0.667 bits per heavy atom. The van der Waals surface area contributed by atoms with Crippen molar-refractivity contribution in [1.29, 1.82) is 0 Å². The van der Waals surface area contributed by atoms with Gasteiger partial charge in [0.05, 0.1) is 8.07 Å². The molecule has 0 aliphatic rings. The molecule has 160 valence electrons. The zero-order valence-electron chi connectivity index (χ0n) is 19.1. The largest absolute Gasteiger partial charge is 0.454 e. The van der Waals surface area contributed by atoms with Gasteiger partial charge in [0.25, 0.3) is 0 Å². The Morgan fingerprint density at radius 3 is 2.18 bits per heavy atom. The van der Waals surface area contributed by atoms with E-state index in [1.165, 1.54) is 27.1 Å². The lowest BCUT2D eigenvalue weighted by Gasteiger charge is -2.17. The summed E-state index contributed by atoms with van der Waals surface area (Å²) < 4.78 is 6.29. The van der Waals surface area contributed by atoms with E-state index in [4.69, 9.17) is 9.40 Å². The summed E-state index contributed by atoms with van der Waals surface area (Å²) in [6.45, 7) is 7.16. The summed E-state index contributed by atoms with van der Waals surface area (Å²) >= 11 is 0. The van der Waals surface area contributed by atoms with Crippen molar-refractivity contribution in [2.45, 2.75) is 19.6 Å². The first-order valence-corrected chi connectivity index (χ1v) is 14.9. The van der Waals surface area contributed by atoms with E-state index < -0.39 is 8.07 Å². The summed E-state index contributed by atoms with van der Waals surface area (Å²) in [7, 11) is -1.34. The molecule has 0 amide bonds. The summed E-state index contributed by atoms with van der Waals surface area (Å²) in [5, 5.41) is 6.15. The number of hydrogen-bond donors (Lipinski definition) is 0. The normalized spacial score (nSPS) is 12.1. The van der Waals surface area contributed by atoms with Gasteiger partial charge in [0.1, 0.15) is 11.3 Å². The smallest absolute Gasteiger partial charge is 0.161 e. The zero-order valence-corrected chi connectivity index (χ0v) is 20.1. The number of aromatic nitrogens is 1. The fourth-order valence-corrected chi connectivity index (χ4v) is 5.86. The lowest BCUT2D eigenvalue weighted by atomic mass is 9.94. The van der Waals surface area contributed by atoms with Gasteiger partial charge in [-0.05, 0) is 46.2 Å². The van der Waals surface area contributed by atoms with Gasteiger partial charge in [0, 0.05) is 22.5 Å². The molecule has 33 heavy (non-hydrogen) atoms. The number of hydrogen-bond acceptors (Lipinski definition) is 2. The first kappa shape index (κ1) is 20.0. The van der Waals surface area contributed by atoms with E-state index >= 15 is 0 Å². The second-order valence-electron chi connectivity index (χ2n) is 9.71. The third kappa shape index (κ3) is 3.36. The quantitative estimate of drug-likeness (QED) is 0.259. The maximum atomic E-state index is 6.29. The Balaban J connectivity index is 1.60. The van der Waals surface area contributed by atoms with Crippen molar-refractivity contribution in [2.75, 3.05) is 0 Å². The number of nitrogens with zero attached hydrogens (tertiary/aromatic N) is 1. The second kappa shape index (κ2) is 7.43. The number of rotatable bonds is 3. The molecule has 0 bridgehead atoms. The van der Waals surface area contributed by atoms with Crippen molar-refractivity contribution in [3.05, 3.63) is 97.2 Å². The molecule has 0 radical (unpaired) electrons. The minimum Gasteiger partial charge on any atom is -0.454 e. The van der Waals surface area contributed by atoms with Gasteiger partial charge < -0.3 is 4.42 Å². The van der Waals surface area contributed by atoms with Gasteiger partial charge in [0.15, 0.2) is 5.58 Å². The Hall–Kier alpha value is -3.69. The highest BCUT2D eigenvalue weighted by atomic mass is 28.3. The predicted molar refractivity (Wildman–Crippen MR) is 143 cm³/mol. The van der Waals surface area contributed by atoms with E-state index in [2.05, 4.69) is 92.4 Å². The van der Waals surface area contributed by atoms with Crippen LogP contribution in [0.15, 0.2) is 102 Å². The van der Waals surface area contributed by atoms with Gasteiger partial charge in [-0.1, -0.05) is 91.6 Å². The minimum absolute atomic E-state index is 0.842. The highest BCUT2D eigenvalue weighted by molar-refractivity contribution is 6.88. The molecule has 4 aromatic carbocycles. The SMILES string of the molecule is C[Si](C)(C)c1ccc(-c2cc(-c3nccc4c3oc3ccccc34)cc3ccccc23)cc1. The Morgan fingerprint density at radius 2 is 1.39 bits per heavy atom. The molecular formula is C30H25NOSi. The maximum absolute atomic E-state index is 6.29. The van der Waals surface area contributed by atoms with Gasteiger partial charge in [-0.2, -0.15) is 0 Å². The average Bonchev–Trinajstić information content (AvgIpc) is 3.22. The van der Waals surface area contributed by atoms with Gasteiger partial charge in [-0.25, -0.2) is 0 Å². The molecule has 0 aliphatic carbocycles. The van der Waals surface area contributed by atoms with Crippen molar-refractivity contribution >= 4 is 46.0 Å².